The Kier molecular flexibility index (Phi) is 8.21. The largest absolute Gasteiger partial charge is 0.351 e. The molecule has 0 heterocycles. The number of carbonyl (C=O) groups excluding carboxylic acids is 1. The minimum Gasteiger partial charge on any atom is -0.351 e. The molecule has 0 atom stereocenters. The second kappa shape index (κ2) is 8.50. The average molecular weight is 322 g/mol. The molecule has 1 aromatic rings. The first-order valence-corrected chi connectivity index (χ1v) is 6.19. The smallest absolute Gasteiger partial charge is 0.251 e. The number of aryl methyl sites for hydroxylation is 1. The zero-order valence-electron chi connectivity index (χ0n) is 10.0. The third kappa shape index (κ3) is 6.05. The highest BCUT2D eigenvalue weighted by Gasteiger charge is 2.05. The number of halogens is 2. The molecule has 0 aliphatic carbocycles. The van der Waals surface area contributed by atoms with Crippen LogP contribution in [0, 0.1) is 6.92 Å². The third-order valence-electron chi connectivity index (χ3n) is 2.14. The second-order valence-electron chi connectivity index (χ2n) is 3.63. The van der Waals surface area contributed by atoms with E-state index < -0.39 is 0 Å². The lowest BCUT2D eigenvalue weighted by molar-refractivity contribution is 0.0954. The van der Waals surface area contributed by atoms with Crippen molar-refractivity contribution in [2.24, 2.45) is 0 Å². The molecule has 0 unspecified atom stereocenters. The fourth-order valence-corrected chi connectivity index (χ4v) is 2.02. The fraction of sp³-hybridized carbons (Fsp3) is 0.417. The number of likely N-dealkylation sites (N-methyl/N-ethyl adjacent to an activating group) is 1. The van der Waals surface area contributed by atoms with Crippen LogP contribution in [0.15, 0.2) is 22.7 Å². The van der Waals surface area contributed by atoms with Gasteiger partial charge in [0.15, 0.2) is 0 Å². The summed E-state index contributed by atoms with van der Waals surface area (Å²) in [5.74, 6) is -0.0256. The van der Waals surface area contributed by atoms with Crippen molar-refractivity contribution >= 4 is 34.2 Å². The van der Waals surface area contributed by atoms with Gasteiger partial charge in [-0.25, -0.2) is 0 Å². The SMILES string of the molecule is CCNCCNC(=O)c1cc(C)cc(Br)c1.Cl. The second-order valence-corrected chi connectivity index (χ2v) is 4.54. The number of hydrogen-bond donors (Lipinski definition) is 2. The van der Waals surface area contributed by atoms with E-state index in [1.54, 1.807) is 0 Å². The van der Waals surface area contributed by atoms with Gasteiger partial charge >= 0.3 is 0 Å². The van der Waals surface area contributed by atoms with Crippen LogP contribution in [0.1, 0.15) is 22.8 Å². The van der Waals surface area contributed by atoms with Crippen molar-refractivity contribution in [1.82, 2.24) is 10.6 Å². The summed E-state index contributed by atoms with van der Waals surface area (Å²) in [5, 5.41) is 6.02. The Bertz CT molecular complexity index is 351. The summed E-state index contributed by atoms with van der Waals surface area (Å²) in [4.78, 5) is 11.8. The molecule has 0 aliphatic heterocycles. The lowest BCUT2D eigenvalue weighted by Gasteiger charge is -2.06. The van der Waals surface area contributed by atoms with Crippen molar-refractivity contribution in [3.8, 4) is 0 Å². The molecule has 1 aromatic carbocycles. The van der Waals surface area contributed by atoms with E-state index in [4.69, 9.17) is 0 Å². The summed E-state index contributed by atoms with van der Waals surface area (Å²) in [7, 11) is 0. The highest BCUT2D eigenvalue weighted by Crippen LogP contribution is 2.15. The summed E-state index contributed by atoms with van der Waals surface area (Å²) in [6.07, 6.45) is 0. The van der Waals surface area contributed by atoms with Gasteiger partial charge < -0.3 is 10.6 Å². The van der Waals surface area contributed by atoms with Crippen LogP contribution in [-0.4, -0.2) is 25.5 Å². The van der Waals surface area contributed by atoms with E-state index in [1.165, 1.54) is 0 Å². The van der Waals surface area contributed by atoms with Crippen molar-refractivity contribution < 1.29 is 4.79 Å². The van der Waals surface area contributed by atoms with E-state index in [2.05, 4.69) is 26.6 Å². The maximum atomic E-state index is 11.8. The predicted octanol–water partition coefficient (Wildman–Crippen LogP) is 2.52. The third-order valence-corrected chi connectivity index (χ3v) is 2.60. The van der Waals surface area contributed by atoms with Crippen LogP contribution in [0.5, 0.6) is 0 Å². The van der Waals surface area contributed by atoms with Gasteiger partial charge in [0, 0.05) is 23.1 Å². The Morgan fingerprint density at radius 3 is 2.59 bits per heavy atom. The number of nitrogens with one attached hydrogen (secondary N) is 2. The first-order chi connectivity index (χ1) is 7.63. The summed E-state index contributed by atoms with van der Waals surface area (Å²) in [5.41, 5.74) is 1.77. The van der Waals surface area contributed by atoms with E-state index in [0.29, 0.717) is 12.1 Å². The molecule has 2 N–H and O–H groups in total. The maximum absolute atomic E-state index is 11.8. The van der Waals surface area contributed by atoms with Gasteiger partial charge in [0.1, 0.15) is 0 Å². The first kappa shape index (κ1) is 16.4. The lowest BCUT2D eigenvalue weighted by atomic mass is 10.1. The highest BCUT2D eigenvalue weighted by molar-refractivity contribution is 9.10. The monoisotopic (exact) mass is 320 g/mol. The molecule has 0 bridgehead atoms. The Balaban J connectivity index is 0.00000256. The molecule has 0 saturated heterocycles. The summed E-state index contributed by atoms with van der Waals surface area (Å²) in [6.45, 7) is 6.39. The molecule has 17 heavy (non-hydrogen) atoms. The van der Waals surface area contributed by atoms with Crippen molar-refractivity contribution in [1.29, 1.82) is 0 Å². The summed E-state index contributed by atoms with van der Waals surface area (Å²) in [6, 6.07) is 5.69. The normalized spacial score (nSPS) is 9.59. The number of amides is 1. The molecule has 0 aromatic heterocycles. The van der Waals surface area contributed by atoms with Gasteiger partial charge in [-0.05, 0) is 37.2 Å². The Morgan fingerprint density at radius 1 is 1.29 bits per heavy atom. The number of hydrogen-bond acceptors (Lipinski definition) is 2. The lowest BCUT2D eigenvalue weighted by Crippen LogP contribution is -2.31. The summed E-state index contributed by atoms with van der Waals surface area (Å²) >= 11 is 3.38. The van der Waals surface area contributed by atoms with Gasteiger partial charge in [-0.1, -0.05) is 22.9 Å². The van der Waals surface area contributed by atoms with E-state index in [-0.39, 0.29) is 18.3 Å². The molecule has 3 nitrogen and oxygen atoms in total. The summed E-state index contributed by atoms with van der Waals surface area (Å²) < 4.78 is 0.935. The van der Waals surface area contributed by atoms with Crippen LogP contribution < -0.4 is 10.6 Å². The highest BCUT2D eigenvalue weighted by atomic mass is 79.9. The zero-order valence-corrected chi connectivity index (χ0v) is 12.5. The average Bonchev–Trinajstić information content (AvgIpc) is 2.22. The van der Waals surface area contributed by atoms with Crippen LogP contribution in [0.25, 0.3) is 0 Å². The molecule has 0 radical (unpaired) electrons. The molecule has 1 amide bonds. The van der Waals surface area contributed by atoms with Crippen LogP contribution in [0.2, 0.25) is 0 Å². The topological polar surface area (TPSA) is 41.1 Å². The van der Waals surface area contributed by atoms with Crippen LogP contribution >= 0.6 is 28.3 Å². The fourth-order valence-electron chi connectivity index (χ4n) is 1.41. The van der Waals surface area contributed by atoms with Gasteiger partial charge in [-0.15, -0.1) is 12.4 Å². The minimum atomic E-state index is -0.0256. The molecule has 0 saturated carbocycles. The van der Waals surface area contributed by atoms with Crippen molar-refractivity contribution in [2.45, 2.75) is 13.8 Å². The molecular weight excluding hydrogens is 304 g/mol. The van der Waals surface area contributed by atoms with Gasteiger partial charge in [0.25, 0.3) is 5.91 Å². The molecular formula is C12H18BrClN2O. The van der Waals surface area contributed by atoms with Crippen LogP contribution in [0.3, 0.4) is 0 Å². The van der Waals surface area contributed by atoms with Gasteiger partial charge in [-0.3, -0.25) is 4.79 Å². The van der Waals surface area contributed by atoms with E-state index in [0.717, 1.165) is 23.1 Å². The van der Waals surface area contributed by atoms with Crippen molar-refractivity contribution in [2.75, 3.05) is 19.6 Å². The number of benzene rings is 1. The first-order valence-electron chi connectivity index (χ1n) is 5.39. The van der Waals surface area contributed by atoms with Crippen molar-refractivity contribution in [3.63, 3.8) is 0 Å². The number of rotatable bonds is 5. The van der Waals surface area contributed by atoms with Gasteiger partial charge in [0.05, 0.1) is 0 Å². The standard InChI is InChI=1S/C12H17BrN2O.ClH/c1-3-14-4-5-15-12(16)10-6-9(2)7-11(13)8-10;/h6-8,14H,3-5H2,1-2H3,(H,15,16);1H. The minimum absolute atomic E-state index is 0. The van der Waals surface area contributed by atoms with Gasteiger partial charge in [0.2, 0.25) is 0 Å². The number of carbonyl (C=O) groups is 1. The Morgan fingerprint density at radius 2 is 2.00 bits per heavy atom. The molecule has 1 rings (SSSR count). The Hall–Kier alpha value is -0.580. The van der Waals surface area contributed by atoms with Gasteiger partial charge in [-0.2, -0.15) is 0 Å². The van der Waals surface area contributed by atoms with Crippen molar-refractivity contribution in [3.05, 3.63) is 33.8 Å². The Labute approximate surface area is 117 Å². The van der Waals surface area contributed by atoms with E-state index in [9.17, 15) is 4.79 Å². The molecule has 96 valence electrons. The van der Waals surface area contributed by atoms with Crippen LogP contribution in [-0.2, 0) is 0 Å². The maximum Gasteiger partial charge on any atom is 0.251 e. The quantitative estimate of drug-likeness (QED) is 0.818. The molecule has 0 fully saturated rings. The van der Waals surface area contributed by atoms with E-state index in [1.807, 2.05) is 32.0 Å². The van der Waals surface area contributed by atoms with Crippen LogP contribution in [0.4, 0.5) is 0 Å². The van der Waals surface area contributed by atoms with E-state index >= 15 is 0 Å². The molecule has 0 spiro atoms. The predicted molar refractivity (Wildman–Crippen MR) is 77.0 cm³/mol. The molecule has 5 heteroatoms. The zero-order chi connectivity index (χ0) is 12.0. The molecule has 0 aliphatic rings.